The summed E-state index contributed by atoms with van der Waals surface area (Å²) in [6.45, 7) is 2.75. The van der Waals surface area contributed by atoms with Crippen molar-refractivity contribution in [2.75, 3.05) is 39.0 Å². The summed E-state index contributed by atoms with van der Waals surface area (Å²) in [7, 11) is 0.509. The lowest BCUT2D eigenvalue weighted by Crippen LogP contribution is -2.30. The van der Waals surface area contributed by atoms with Crippen molar-refractivity contribution in [3.05, 3.63) is 47.4 Å². The zero-order valence-electron chi connectivity index (χ0n) is 15.7. The predicted molar refractivity (Wildman–Crippen MR) is 104 cm³/mol. The predicted octanol–water partition coefficient (Wildman–Crippen LogP) is 1.68. The van der Waals surface area contributed by atoms with Gasteiger partial charge in [-0.1, -0.05) is 18.2 Å². The summed E-state index contributed by atoms with van der Waals surface area (Å²) < 4.78 is 27.3. The average molecular weight is 388 g/mol. The molecule has 0 amide bonds. The Morgan fingerprint density at radius 2 is 1.93 bits per heavy atom. The van der Waals surface area contributed by atoms with E-state index in [0.717, 1.165) is 48.8 Å². The molecule has 0 saturated carbocycles. The molecule has 27 heavy (non-hydrogen) atoms. The molecule has 0 aliphatic carbocycles. The van der Waals surface area contributed by atoms with E-state index in [2.05, 4.69) is 17.3 Å². The normalized spacial score (nSPS) is 21.2. The van der Waals surface area contributed by atoms with Gasteiger partial charge in [0.15, 0.2) is 0 Å². The number of aromatic nitrogens is 2. The van der Waals surface area contributed by atoms with Crippen molar-refractivity contribution >= 4 is 15.8 Å². The monoisotopic (exact) mass is 387 g/mol. The lowest BCUT2D eigenvalue weighted by Gasteiger charge is -2.26. The summed E-state index contributed by atoms with van der Waals surface area (Å²) in [5, 5.41) is 3.20. The van der Waals surface area contributed by atoms with E-state index in [0.29, 0.717) is 18.0 Å². The average Bonchev–Trinajstić information content (AvgIpc) is 3.19. The van der Waals surface area contributed by atoms with E-state index in [1.165, 1.54) is 0 Å². The van der Waals surface area contributed by atoms with Crippen molar-refractivity contribution in [1.82, 2.24) is 19.2 Å². The molecule has 0 bridgehead atoms. The topological polar surface area (TPSA) is 78.4 Å². The van der Waals surface area contributed by atoms with Crippen LogP contribution in [-0.2, 0) is 23.0 Å². The van der Waals surface area contributed by atoms with Crippen LogP contribution < -0.4 is 5.32 Å². The number of likely N-dealkylation sites (N-methyl/N-ethyl adjacent to an activating group) is 1. The van der Waals surface area contributed by atoms with Crippen molar-refractivity contribution in [1.29, 1.82) is 0 Å². The van der Waals surface area contributed by atoms with Gasteiger partial charge in [0.05, 0.1) is 10.6 Å². The number of rotatable bonds is 4. The maximum Gasteiger partial charge on any atom is 0.243 e. The van der Waals surface area contributed by atoms with E-state index in [9.17, 15) is 8.42 Å². The largest absolute Gasteiger partial charge is 0.373 e. The van der Waals surface area contributed by atoms with Gasteiger partial charge in [-0.2, -0.15) is 4.31 Å². The van der Waals surface area contributed by atoms with E-state index in [1.54, 1.807) is 28.6 Å². The summed E-state index contributed by atoms with van der Waals surface area (Å²) in [5.41, 5.74) is 2.24. The second-order valence-corrected chi connectivity index (χ2v) is 9.19. The minimum atomic E-state index is -3.46. The van der Waals surface area contributed by atoms with E-state index < -0.39 is 10.0 Å². The molecule has 0 radical (unpaired) electrons. The molecule has 3 heterocycles. The van der Waals surface area contributed by atoms with Crippen molar-refractivity contribution in [2.24, 2.45) is 0 Å². The highest BCUT2D eigenvalue weighted by Gasteiger charge is 2.35. The first-order valence-electron chi connectivity index (χ1n) is 9.30. The van der Waals surface area contributed by atoms with E-state index >= 15 is 0 Å². The van der Waals surface area contributed by atoms with Crippen LogP contribution in [0.2, 0.25) is 0 Å². The maximum atomic E-state index is 12.9. The molecule has 1 unspecified atom stereocenters. The maximum absolute atomic E-state index is 12.9. The molecule has 2 aliphatic heterocycles. The lowest BCUT2D eigenvalue weighted by atomic mass is 10.0. The Balaban J connectivity index is 1.59. The third-order valence-corrected chi connectivity index (χ3v) is 7.28. The van der Waals surface area contributed by atoms with Gasteiger partial charge in [0.2, 0.25) is 10.0 Å². The fraction of sp³-hybridized carbons (Fsp3) is 0.474. The fourth-order valence-corrected chi connectivity index (χ4v) is 5.38. The second-order valence-electron chi connectivity index (χ2n) is 7.26. The Hall–Kier alpha value is -2.03. The molecule has 8 heteroatoms. The van der Waals surface area contributed by atoms with Crippen LogP contribution in [0.25, 0.3) is 0 Å². The van der Waals surface area contributed by atoms with Gasteiger partial charge in [0.1, 0.15) is 11.6 Å². The zero-order valence-corrected chi connectivity index (χ0v) is 16.5. The second kappa shape index (κ2) is 7.18. The molecule has 2 aromatic rings. The number of nitrogens with zero attached hydrogens (tertiary/aromatic N) is 4. The Kier molecular flexibility index (Phi) is 4.88. The number of hydrogen-bond donors (Lipinski definition) is 1. The van der Waals surface area contributed by atoms with Gasteiger partial charge in [0.25, 0.3) is 0 Å². The van der Waals surface area contributed by atoms with Gasteiger partial charge in [-0.25, -0.2) is 18.4 Å². The van der Waals surface area contributed by atoms with Gasteiger partial charge in [-0.05, 0) is 25.6 Å². The molecule has 1 atom stereocenters. The van der Waals surface area contributed by atoms with Gasteiger partial charge in [-0.15, -0.1) is 0 Å². The number of sulfonamides is 1. The molecular weight excluding hydrogens is 362 g/mol. The summed E-state index contributed by atoms with van der Waals surface area (Å²) in [5.74, 6) is 1.65. The number of benzene rings is 1. The van der Waals surface area contributed by atoms with Crippen molar-refractivity contribution in [3.8, 4) is 0 Å². The van der Waals surface area contributed by atoms with Crippen LogP contribution in [-0.4, -0.2) is 61.3 Å². The Labute approximate surface area is 160 Å². The van der Waals surface area contributed by atoms with Crippen LogP contribution in [0.1, 0.15) is 29.4 Å². The van der Waals surface area contributed by atoms with E-state index in [4.69, 9.17) is 9.97 Å². The van der Waals surface area contributed by atoms with Gasteiger partial charge < -0.3 is 10.2 Å². The zero-order chi connectivity index (χ0) is 19.0. The molecule has 7 nitrogen and oxygen atoms in total. The molecule has 4 rings (SSSR count). The summed E-state index contributed by atoms with van der Waals surface area (Å²) >= 11 is 0. The first-order valence-corrected chi connectivity index (χ1v) is 10.7. The van der Waals surface area contributed by atoms with Crippen molar-refractivity contribution < 1.29 is 8.42 Å². The van der Waals surface area contributed by atoms with Crippen LogP contribution >= 0.6 is 0 Å². The van der Waals surface area contributed by atoms with Gasteiger partial charge >= 0.3 is 0 Å². The Morgan fingerprint density at radius 1 is 1.15 bits per heavy atom. The van der Waals surface area contributed by atoms with Gasteiger partial charge in [-0.3, -0.25) is 0 Å². The lowest BCUT2D eigenvalue weighted by molar-refractivity contribution is 0.309. The van der Waals surface area contributed by atoms with Crippen LogP contribution in [0.5, 0.6) is 0 Å². The minimum absolute atomic E-state index is 0.0283. The quantitative estimate of drug-likeness (QED) is 0.860. The highest BCUT2D eigenvalue weighted by atomic mass is 32.2. The summed E-state index contributed by atoms with van der Waals surface area (Å²) in [6.07, 6.45) is 1.64. The van der Waals surface area contributed by atoms with Crippen molar-refractivity contribution in [3.63, 3.8) is 0 Å². The first-order chi connectivity index (χ1) is 13.0. The highest BCUT2D eigenvalue weighted by Crippen LogP contribution is 2.32. The molecule has 0 spiro atoms. The standard InChI is InChI=1S/C19H25N5O2S/c1-20-19-16-13-23(2)10-9-17(16)21-18(22-19)14-8-11-24(12-14)27(25,26)15-6-4-3-5-7-15/h3-7,14H,8-13H2,1-2H3,(H,20,21,22). The molecule has 2 aliphatic rings. The first kappa shape index (κ1) is 18.3. The van der Waals surface area contributed by atoms with Gasteiger partial charge in [0, 0.05) is 51.1 Å². The molecule has 1 N–H and O–H groups in total. The van der Waals surface area contributed by atoms with Crippen LogP contribution in [0, 0.1) is 0 Å². The SMILES string of the molecule is CNc1nc(C2CCN(S(=O)(=O)c3ccccc3)C2)nc2c1CN(C)CC2. The number of anilines is 1. The minimum Gasteiger partial charge on any atom is -0.373 e. The summed E-state index contributed by atoms with van der Waals surface area (Å²) in [4.78, 5) is 12.2. The third kappa shape index (κ3) is 3.44. The molecule has 1 fully saturated rings. The fourth-order valence-electron chi connectivity index (χ4n) is 3.86. The Bertz CT molecular complexity index is 915. The summed E-state index contributed by atoms with van der Waals surface area (Å²) in [6, 6.07) is 8.62. The molecule has 1 aromatic carbocycles. The number of fused-ring (bicyclic) bond motifs is 1. The molecule has 144 valence electrons. The molecule has 1 saturated heterocycles. The third-order valence-electron chi connectivity index (χ3n) is 5.40. The van der Waals surface area contributed by atoms with E-state index in [1.807, 2.05) is 13.1 Å². The number of hydrogen-bond acceptors (Lipinski definition) is 6. The molecular formula is C19H25N5O2S. The van der Waals surface area contributed by atoms with Crippen LogP contribution in [0.15, 0.2) is 35.2 Å². The van der Waals surface area contributed by atoms with Crippen molar-refractivity contribution in [2.45, 2.75) is 30.2 Å². The van der Waals surface area contributed by atoms with Crippen LogP contribution in [0.3, 0.4) is 0 Å². The molecule has 1 aromatic heterocycles. The Morgan fingerprint density at radius 3 is 2.67 bits per heavy atom. The van der Waals surface area contributed by atoms with E-state index in [-0.39, 0.29) is 5.92 Å². The van der Waals surface area contributed by atoms with Crippen LogP contribution in [0.4, 0.5) is 5.82 Å². The smallest absolute Gasteiger partial charge is 0.243 e. The highest BCUT2D eigenvalue weighted by molar-refractivity contribution is 7.89. The number of nitrogens with one attached hydrogen (secondary N) is 1.